The molecule has 1 N–H and O–H groups in total. The van der Waals surface area contributed by atoms with Crippen LogP contribution in [0.3, 0.4) is 0 Å². The van der Waals surface area contributed by atoms with Crippen LogP contribution >= 0.6 is 22.9 Å². The maximum absolute atomic E-state index is 11.6. The van der Waals surface area contributed by atoms with Crippen molar-refractivity contribution >= 4 is 34.0 Å². The lowest BCUT2D eigenvalue weighted by Crippen LogP contribution is -2.64. The number of carbonyl (C=O) groups excluding carboxylic acids is 1. The van der Waals surface area contributed by atoms with Crippen molar-refractivity contribution in [3.8, 4) is 0 Å². The van der Waals surface area contributed by atoms with Crippen molar-refractivity contribution < 1.29 is 14.3 Å². The number of thiazole rings is 1. The molecular formula is C14H19ClN2O3S. The fraction of sp³-hybridized carbons (Fsp3) is 0.714. The van der Waals surface area contributed by atoms with Gasteiger partial charge in [0.2, 0.25) is 0 Å². The number of hydrogen-bond acceptors (Lipinski definition) is 6. The average molecular weight is 331 g/mol. The van der Waals surface area contributed by atoms with E-state index in [9.17, 15) is 4.79 Å². The molecule has 21 heavy (non-hydrogen) atoms. The maximum atomic E-state index is 11.6. The fourth-order valence-electron chi connectivity index (χ4n) is 3.37. The summed E-state index contributed by atoms with van der Waals surface area (Å²) in [4.78, 5) is 16.1. The minimum absolute atomic E-state index is 0.206. The van der Waals surface area contributed by atoms with Gasteiger partial charge < -0.3 is 14.8 Å². The highest BCUT2D eigenvalue weighted by Gasteiger charge is 2.59. The number of aromatic nitrogens is 1. The molecule has 2 atom stereocenters. The van der Waals surface area contributed by atoms with Gasteiger partial charge in [-0.15, -0.1) is 0 Å². The Morgan fingerprint density at radius 2 is 2.33 bits per heavy atom. The molecule has 0 bridgehead atoms. The van der Waals surface area contributed by atoms with Gasteiger partial charge in [-0.2, -0.15) is 0 Å². The Labute approximate surface area is 133 Å². The van der Waals surface area contributed by atoms with Gasteiger partial charge >= 0.3 is 5.97 Å². The van der Waals surface area contributed by atoms with Crippen LogP contribution in [0.5, 0.6) is 0 Å². The van der Waals surface area contributed by atoms with E-state index in [4.69, 9.17) is 21.1 Å². The van der Waals surface area contributed by atoms with Crippen LogP contribution in [0.1, 0.15) is 42.3 Å². The number of hydrogen-bond donors (Lipinski definition) is 1. The summed E-state index contributed by atoms with van der Waals surface area (Å²) in [5.41, 5.74) is 0.250. The highest BCUT2D eigenvalue weighted by Crippen LogP contribution is 2.58. The van der Waals surface area contributed by atoms with E-state index in [1.165, 1.54) is 37.7 Å². The Kier molecular flexibility index (Phi) is 4.12. The van der Waals surface area contributed by atoms with E-state index in [1.54, 1.807) is 0 Å². The van der Waals surface area contributed by atoms with Crippen molar-refractivity contribution in [2.24, 2.45) is 5.41 Å². The second-order valence-corrected chi connectivity index (χ2v) is 6.95. The molecule has 0 aromatic carbocycles. The molecule has 2 fully saturated rings. The summed E-state index contributed by atoms with van der Waals surface area (Å²) < 4.78 is 10.5. The summed E-state index contributed by atoms with van der Waals surface area (Å²) in [6, 6.07) is 0.357. The highest BCUT2D eigenvalue weighted by molar-refractivity contribution is 7.18. The Balaban J connectivity index is 1.69. The van der Waals surface area contributed by atoms with Gasteiger partial charge in [-0.1, -0.05) is 29.4 Å². The van der Waals surface area contributed by atoms with Crippen LogP contribution in [0.15, 0.2) is 0 Å². The van der Waals surface area contributed by atoms with Crippen LogP contribution in [0, 0.1) is 5.41 Å². The van der Waals surface area contributed by atoms with E-state index in [2.05, 4.69) is 10.3 Å². The third kappa shape index (κ3) is 2.43. The number of halogens is 1. The van der Waals surface area contributed by atoms with Gasteiger partial charge in [0.25, 0.3) is 0 Å². The first-order chi connectivity index (χ1) is 10.1. The van der Waals surface area contributed by atoms with Gasteiger partial charge in [0.1, 0.15) is 0 Å². The lowest BCUT2D eigenvalue weighted by atomic mass is 9.51. The van der Waals surface area contributed by atoms with Gasteiger partial charge in [-0.25, -0.2) is 9.78 Å². The summed E-state index contributed by atoms with van der Waals surface area (Å²) in [5.74, 6) is -0.440. The average Bonchev–Trinajstić information content (AvgIpc) is 2.75. The second-order valence-electron chi connectivity index (χ2n) is 5.59. The zero-order valence-corrected chi connectivity index (χ0v) is 13.7. The van der Waals surface area contributed by atoms with E-state index >= 15 is 0 Å². The van der Waals surface area contributed by atoms with Gasteiger partial charge in [-0.05, 0) is 26.2 Å². The first kappa shape index (κ1) is 15.1. The number of nitrogens with zero attached hydrogens (tertiary/aromatic N) is 1. The molecule has 0 radical (unpaired) electrons. The van der Waals surface area contributed by atoms with Crippen molar-refractivity contribution in [2.45, 2.75) is 44.8 Å². The lowest BCUT2D eigenvalue weighted by Gasteiger charge is -2.61. The third-order valence-corrected chi connectivity index (χ3v) is 6.04. The highest BCUT2D eigenvalue weighted by atomic mass is 35.5. The third-order valence-electron chi connectivity index (χ3n) is 4.69. The normalized spacial score (nSPS) is 26.0. The van der Waals surface area contributed by atoms with E-state index in [0.29, 0.717) is 22.2 Å². The SMILES string of the molecule is CCOC1CC(Nc2nc(Cl)c(C(=O)OC)s2)C12CCC2. The van der Waals surface area contributed by atoms with Crippen molar-refractivity contribution in [3.05, 3.63) is 10.0 Å². The van der Waals surface area contributed by atoms with Crippen molar-refractivity contribution in [1.29, 1.82) is 0 Å². The van der Waals surface area contributed by atoms with Gasteiger partial charge in [0.05, 0.1) is 13.2 Å². The summed E-state index contributed by atoms with van der Waals surface area (Å²) in [7, 11) is 1.34. The molecule has 7 heteroatoms. The quantitative estimate of drug-likeness (QED) is 0.839. The molecule has 0 aliphatic heterocycles. The monoisotopic (exact) mass is 330 g/mol. The first-order valence-electron chi connectivity index (χ1n) is 7.23. The standard InChI is InChI=1S/C14H19ClN2O3S/c1-3-20-9-7-8(14(9)5-4-6-14)16-13-17-11(15)10(21-13)12(18)19-2/h8-9H,3-7H2,1-2H3,(H,16,17). The molecular weight excluding hydrogens is 312 g/mol. The van der Waals surface area contributed by atoms with E-state index in [1.807, 2.05) is 6.92 Å². The maximum Gasteiger partial charge on any atom is 0.351 e. The van der Waals surface area contributed by atoms with Crippen molar-refractivity contribution in [1.82, 2.24) is 4.98 Å². The van der Waals surface area contributed by atoms with Crippen LogP contribution < -0.4 is 5.32 Å². The van der Waals surface area contributed by atoms with E-state index in [-0.39, 0.29) is 10.6 Å². The zero-order valence-electron chi connectivity index (χ0n) is 12.1. The smallest absolute Gasteiger partial charge is 0.351 e. The Morgan fingerprint density at radius 3 is 2.90 bits per heavy atom. The minimum Gasteiger partial charge on any atom is -0.465 e. The fourth-order valence-corrected chi connectivity index (χ4v) is 4.53. The van der Waals surface area contributed by atoms with E-state index < -0.39 is 5.97 Å². The number of methoxy groups -OCH3 is 1. The van der Waals surface area contributed by atoms with Crippen LogP contribution in [-0.2, 0) is 9.47 Å². The Hall–Kier alpha value is -0.850. The van der Waals surface area contributed by atoms with Gasteiger partial charge in [0, 0.05) is 18.1 Å². The van der Waals surface area contributed by atoms with Crippen molar-refractivity contribution in [2.75, 3.05) is 19.0 Å². The Bertz CT molecular complexity index is 544. The first-order valence-corrected chi connectivity index (χ1v) is 8.43. The lowest BCUT2D eigenvalue weighted by molar-refractivity contribution is -0.157. The molecule has 5 nitrogen and oxygen atoms in total. The number of ether oxygens (including phenoxy) is 2. The van der Waals surface area contributed by atoms with Gasteiger partial charge in [-0.3, -0.25) is 0 Å². The molecule has 2 saturated carbocycles. The molecule has 0 amide bonds. The number of anilines is 1. The summed E-state index contributed by atoms with van der Waals surface area (Å²) in [6.45, 7) is 2.80. The molecule has 116 valence electrons. The molecule has 1 spiro atoms. The summed E-state index contributed by atoms with van der Waals surface area (Å²) in [5, 5.41) is 4.33. The molecule has 2 aliphatic carbocycles. The summed E-state index contributed by atoms with van der Waals surface area (Å²) in [6.07, 6.45) is 4.98. The number of nitrogens with one attached hydrogen (secondary N) is 1. The zero-order chi connectivity index (χ0) is 15.0. The van der Waals surface area contributed by atoms with Crippen LogP contribution in [-0.4, -0.2) is 36.8 Å². The molecule has 1 aromatic heterocycles. The predicted octanol–water partition coefficient (Wildman–Crippen LogP) is 3.34. The molecule has 2 unspecified atom stereocenters. The molecule has 1 heterocycles. The van der Waals surface area contributed by atoms with Crippen LogP contribution in [0.25, 0.3) is 0 Å². The number of carbonyl (C=O) groups is 1. The predicted molar refractivity (Wildman–Crippen MR) is 82.2 cm³/mol. The van der Waals surface area contributed by atoms with Crippen LogP contribution in [0.4, 0.5) is 5.13 Å². The largest absolute Gasteiger partial charge is 0.465 e. The molecule has 0 saturated heterocycles. The summed E-state index contributed by atoms with van der Waals surface area (Å²) >= 11 is 7.24. The minimum atomic E-state index is -0.440. The van der Waals surface area contributed by atoms with Gasteiger partial charge in [0.15, 0.2) is 15.2 Å². The van der Waals surface area contributed by atoms with Crippen LogP contribution in [0.2, 0.25) is 5.15 Å². The van der Waals surface area contributed by atoms with E-state index in [0.717, 1.165) is 13.0 Å². The topological polar surface area (TPSA) is 60.5 Å². The number of esters is 1. The second kappa shape index (κ2) is 5.74. The molecule has 2 aliphatic rings. The molecule has 3 rings (SSSR count). The van der Waals surface area contributed by atoms with Crippen molar-refractivity contribution in [3.63, 3.8) is 0 Å². The Morgan fingerprint density at radius 1 is 1.57 bits per heavy atom. The number of rotatable bonds is 5. The molecule has 1 aromatic rings.